The summed E-state index contributed by atoms with van der Waals surface area (Å²) in [7, 11) is 0. The summed E-state index contributed by atoms with van der Waals surface area (Å²) < 4.78 is 10.9. The first-order valence-corrected chi connectivity index (χ1v) is 6.00. The largest absolute Gasteiger partial charge is 0.389 e. The van der Waals surface area contributed by atoms with E-state index in [1.807, 2.05) is 24.3 Å². The summed E-state index contributed by atoms with van der Waals surface area (Å²) >= 11 is 5.00. The summed E-state index contributed by atoms with van der Waals surface area (Å²) in [4.78, 5) is 0.397. The number of nitrogens with one attached hydrogen (secondary N) is 1. The molecule has 1 aromatic carbocycles. The zero-order chi connectivity index (χ0) is 12.1. The lowest BCUT2D eigenvalue weighted by Crippen LogP contribution is -2.34. The van der Waals surface area contributed by atoms with Gasteiger partial charge < -0.3 is 20.5 Å². The molecule has 92 valence electrons. The van der Waals surface area contributed by atoms with E-state index in [4.69, 9.17) is 27.4 Å². The van der Waals surface area contributed by atoms with Crippen molar-refractivity contribution in [2.75, 3.05) is 31.7 Å². The molecule has 1 heterocycles. The summed E-state index contributed by atoms with van der Waals surface area (Å²) in [5.74, 6) is 0. The molecule has 2 rings (SSSR count). The van der Waals surface area contributed by atoms with Crippen LogP contribution in [-0.2, 0) is 9.47 Å². The van der Waals surface area contributed by atoms with Crippen LogP contribution in [0, 0.1) is 0 Å². The molecule has 1 saturated heterocycles. The van der Waals surface area contributed by atoms with Gasteiger partial charge in [-0.1, -0.05) is 24.4 Å². The van der Waals surface area contributed by atoms with Crippen LogP contribution in [0.25, 0.3) is 0 Å². The van der Waals surface area contributed by atoms with E-state index in [2.05, 4.69) is 5.32 Å². The first kappa shape index (κ1) is 12.3. The highest BCUT2D eigenvalue weighted by molar-refractivity contribution is 7.80. The number of rotatable bonds is 4. The minimum Gasteiger partial charge on any atom is -0.389 e. The van der Waals surface area contributed by atoms with Crippen molar-refractivity contribution in [1.82, 2.24) is 0 Å². The number of para-hydroxylation sites is 1. The lowest BCUT2D eigenvalue weighted by Gasteiger charge is -2.24. The molecular formula is C12H16N2O2S. The van der Waals surface area contributed by atoms with Gasteiger partial charge in [0.1, 0.15) is 4.99 Å². The average molecular weight is 252 g/mol. The van der Waals surface area contributed by atoms with E-state index in [9.17, 15) is 0 Å². The van der Waals surface area contributed by atoms with Gasteiger partial charge in [0, 0.05) is 17.8 Å². The lowest BCUT2D eigenvalue weighted by molar-refractivity contribution is -0.0818. The molecule has 0 amide bonds. The summed E-state index contributed by atoms with van der Waals surface area (Å²) in [5.41, 5.74) is 7.46. The van der Waals surface area contributed by atoms with E-state index in [-0.39, 0.29) is 6.10 Å². The van der Waals surface area contributed by atoms with Crippen LogP contribution in [0.5, 0.6) is 0 Å². The Labute approximate surface area is 106 Å². The minimum atomic E-state index is 0.0863. The number of nitrogens with two attached hydrogens (primary N) is 1. The Morgan fingerprint density at radius 2 is 2.24 bits per heavy atom. The molecule has 0 aromatic heterocycles. The van der Waals surface area contributed by atoms with Crippen molar-refractivity contribution >= 4 is 22.9 Å². The fraction of sp³-hybridized carbons (Fsp3) is 0.417. The predicted octanol–water partition coefficient (Wildman–Crippen LogP) is 1.15. The van der Waals surface area contributed by atoms with E-state index in [0.717, 1.165) is 11.3 Å². The maximum Gasteiger partial charge on any atom is 0.106 e. The highest BCUT2D eigenvalue weighted by atomic mass is 32.1. The Morgan fingerprint density at radius 3 is 2.94 bits per heavy atom. The van der Waals surface area contributed by atoms with Gasteiger partial charge in [-0.2, -0.15) is 0 Å². The number of benzene rings is 1. The van der Waals surface area contributed by atoms with Crippen LogP contribution in [0.3, 0.4) is 0 Å². The summed E-state index contributed by atoms with van der Waals surface area (Å²) in [6.45, 7) is 2.66. The molecular weight excluding hydrogens is 236 g/mol. The second-order valence-corrected chi connectivity index (χ2v) is 4.30. The molecule has 3 N–H and O–H groups in total. The lowest BCUT2D eigenvalue weighted by atomic mass is 10.1. The molecule has 0 spiro atoms. The van der Waals surface area contributed by atoms with Crippen LogP contribution in [0.1, 0.15) is 5.56 Å². The van der Waals surface area contributed by atoms with Gasteiger partial charge in [-0.15, -0.1) is 0 Å². The van der Waals surface area contributed by atoms with Crippen LogP contribution in [0.2, 0.25) is 0 Å². The fourth-order valence-electron chi connectivity index (χ4n) is 1.73. The van der Waals surface area contributed by atoms with Crippen LogP contribution in [0.4, 0.5) is 5.69 Å². The molecule has 17 heavy (non-hydrogen) atoms. The molecule has 0 bridgehead atoms. The molecule has 0 radical (unpaired) electrons. The van der Waals surface area contributed by atoms with Crippen molar-refractivity contribution < 1.29 is 9.47 Å². The van der Waals surface area contributed by atoms with E-state index in [1.54, 1.807) is 0 Å². The van der Waals surface area contributed by atoms with Gasteiger partial charge in [0.15, 0.2) is 0 Å². The first-order chi connectivity index (χ1) is 8.27. The maximum absolute atomic E-state index is 5.66. The molecule has 1 unspecified atom stereocenters. The molecule has 0 aliphatic carbocycles. The van der Waals surface area contributed by atoms with Crippen molar-refractivity contribution in [1.29, 1.82) is 0 Å². The van der Waals surface area contributed by atoms with Crippen molar-refractivity contribution in [3.8, 4) is 0 Å². The molecule has 1 aliphatic heterocycles. The Bertz CT molecular complexity index is 392. The van der Waals surface area contributed by atoms with Gasteiger partial charge in [-0.3, -0.25) is 0 Å². The van der Waals surface area contributed by atoms with Gasteiger partial charge in [0.2, 0.25) is 0 Å². The van der Waals surface area contributed by atoms with E-state index < -0.39 is 0 Å². The molecule has 5 heteroatoms. The second-order valence-electron chi connectivity index (χ2n) is 3.86. The smallest absolute Gasteiger partial charge is 0.106 e. The third kappa shape index (κ3) is 3.39. The fourth-order valence-corrected chi connectivity index (χ4v) is 1.91. The Balaban J connectivity index is 1.96. The van der Waals surface area contributed by atoms with Gasteiger partial charge in [0.05, 0.1) is 25.9 Å². The van der Waals surface area contributed by atoms with Gasteiger partial charge >= 0.3 is 0 Å². The normalized spacial score (nSPS) is 19.9. The quantitative estimate of drug-likeness (QED) is 0.787. The van der Waals surface area contributed by atoms with Gasteiger partial charge in [-0.05, 0) is 12.1 Å². The predicted molar refractivity (Wildman–Crippen MR) is 71.4 cm³/mol. The number of hydrogen-bond acceptors (Lipinski definition) is 4. The number of thiocarbonyl (C=S) groups is 1. The molecule has 1 fully saturated rings. The molecule has 1 aromatic rings. The monoisotopic (exact) mass is 252 g/mol. The highest BCUT2D eigenvalue weighted by Crippen LogP contribution is 2.15. The maximum atomic E-state index is 5.66. The molecule has 0 saturated carbocycles. The van der Waals surface area contributed by atoms with Crippen molar-refractivity contribution in [2.45, 2.75) is 6.10 Å². The number of anilines is 1. The zero-order valence-electron chi connectivity index (χ0n) is 9.52. The van der Waals surface area contributed by atoms with E-state index >= 15 is 0 Å². The van der Waals surface area contributed by atoms with Crippen LogP contribution < -0.4 is 11.1 Å². The average Bonchev–Trinajstić information content (AvgIpc) is 2.38. The summed E-state index contributed by atoms with van der Waals surface area (Å²) in [5, 5.41) is 3.29. The van der Waals surface area contributed by atoms with Crippen LogP contribution >= 0.6 is 12.2 Å². The van der Waals surface area contributed by atoms with Crippen molar-refractivity contribution in [3.05, 3.63) is 29.8 Å². The van der Waals surface area contributed by atoms with Crippen LogP contribution in [-0.4, -0.2) is 37.5 Å². The van der Waals surface area contributed by atoms with Crippen molar-refractivity contribution in [2.24, 2.45) is 5.73 Å². The first-order valence-electron chi connectivity index (χ1n) is 5.59. The Hall–Kier alpha value is -1.17. The van der Waals surface area contributed by atoms with E-state index in [1.165, 1.54) is 0 Å². The topological polar surface area (TPSA) is 56.5 Å². The molecule has 1 atom stereocenters. The molecule has 4 nitrogen and oxygen atoms in total. The minimum absolute atomic E-state index is 0.0863. The standard InChI is InChI=1S/C12H16N2O2S/c13-12(17)10-3-1-2-4-11(10)14-7-9-8-15-5-6-16-9/h1-4,9,14H,5-8H2,(H2,13,17). The summed E-state index contributed by atoms with van der Waals surface area (Å²) in [6.07, 6.45) is 0.0863. The van der Waals surface area contributed by atoms with E-state index in [0.29, 0.717) is 31.4 Å². The number of ether oxygens (including phenoxy) is 2. The third-order valence-electron chi connectivity index (χ3n) is 2.60. The second kappa shape index (κ2) is 5.95. The van der Waals surface area contributed by atoms with Gasteiger partial charge in [-0.25, -0.2) is 0 Å². The van der Waals surface area contributed by atoms with Crippen molar-refractivity contribution in [3.63, 3.8) is 0 Å². The molecule has 1 aliphatic rings. The Kier molecular flexibility index (Phi) is 4.30. The SMILES string of the molecule is NC(=S)c1ccccc1NCC1COCCO1. The highest BCUT2D eigenvalue weighted by Gasteiger charge is 2.14. The summed E-state index contributed by atoms with van der Waals surface area (Å²) in [6, 6.07) is 7.73. The Morgan fingerprint density at radius 1 is 1.41 bits per heavy atom. The zero-order valence-corrected chi connectivity index (χ0v) is 10.3. The third-order valence-corrected chi connectivity index (χ3v) is 2.82. The van der Waals surface area contributed by atoms with Gasteiger partial charge in [0.25, 0.3) is 0 Å². The van der Waals surface area contributed by atoms with Crippen LogP contribution in [0.15, 0.2) is 24.3 Å². The number of hydrogen-bond donors (Lipinski definition) is 2.